The van der Waals surface area contributed by atoms with E-state index in [9.17, 15) is 4.79 Å². The zero-order valence-corrected chi connectivity index (χ0v) is 17.6. The summed E-state index contributed by atoms with van der Waals surface area (Å²) in [6.45, 7) is 2.10. The minimum absolute atomic E-state index is 0.0295. The molecule has 5 rings (SSSR count). The highest BCUT2D eigenvalue weighted by atomic mass is 32.1. The summed E-state index contributed by atoms with van der Waals surface area (Å²) in [6, 6.07) is 16.3. The molecule has 0 radical (unpaired) electrons. The monoisotopic (exact) mass is 421 g/mol. The van der Waals surface area contributed by atoms with Gasteiger partial charge < -0.3 is 19.3 Å². The number of benzene rings is 2. The predicted octanol–water partition coefficient (Wildman–Crippen LogP) is 4.28. The van der Waals surface area contributed by atoms with Crippen LogP contribution in [-0.4, -0.2) is 48.8 Å². The van der Waals surface area contributed by atoms with E-state index in [0.29, 0.717) is 5.69 Å². The number of aromatic nitrogens is 1. The first-order valence-corrected chi connectivity index (χ1v) is 11.0. The van der Waals surface area contributed by atoms with Crippen molar-refractivity contribution in [1.29, 1.82) is 0 Å². The lowest BCUT2D eigenvalue weighted by molar-refractivity contribution is 0.0712. The van der Waals surface area contributed by atoms with E-state index >= 15 is 0 Å². The van der Waals surface area contributed by atoms with E-state index in [1.54, 1.807) is 0 Å². The fourth-order valence-electron chi connectivity index (χ4n) is 4.02. The molecule has 6 nitrogen and oxygen atoms in total. The average molecular weight is 422 g/mol. The third kappa shape index (κ3) is 3.61. The molecule has 1 fully saturated rings. The van der Waals surface area contributed by atoms with Crippen LogP contribution in [0.3, 0.4) is 0 Å². The molecular weight excluding hydrogens is 398 g/mol. The normalized spacial score (nSPS) is 17.8. The van der Waals surface area contributed by atoms with Crippen LogP contribution in [0.1, 0.15) is 23.3 Å². The zero-order chi connectivity index (χ0) is 20.5. The Morgan fingerprint density at radius 1 is 1.17 bits per heavy atom. The summed E-state index contributed by atoms with van der Waals surface area (Å²) in [4.78, 5) is 22.0. The van der Waals surface area contributed by atoms with Crippen molar-refractivity contribution in [3.63, 3.8) is 0 Å². The van der Waals surface area contributed by atoms with Crippen LogP contribution in [0.5, 0.6) is 11.5 Å². The summed E-state index contributed by atoms with van der Waals surface area (Å²) < 4.78 is 10.8. The van der Waals surface area contributed by atoms with E-state index in [0.717, 1.165) is 48.0 Å². The predicted molar refractivity (Wildman–Crippen MR) is 117 cm³/mol. The van der Waals surface area contributed by atoms with Gasteiger partial charge in [0.2, 0.25) is 6.79 Å². The van der Waals surface area contributed by atoms with E-state index in [1.165, 1.54) is 17.0 Å². The maximum absolute atomic E-state index is 13.1. The highest BCUT2D eigenvalue weighted by Crippen LogP contribution is 2.36. The van der Waals surface area contributed by atoms with Crippen molar-refractivity contribution in [2.75, 3.05) is 31.8 Å². The summed E-state index contributed by atoms with van der Waals surface area (Å²) in [6.07, 6.45) is 2.07. The fourth-order valence-corrected chi connectivity index (χ4v) is 4.82. The Kier molecular flexibility index (Phi) is 5.04. The Labute approximate surface area is 179 Å². The van der Waals surface area contributed by atoms with E-state index in [4.69, 9.17) is 9.47 Å². The number of piperidine rings is 1. The highest BCUT2D eigenvalue weighted by Gasteiger charge is 2.28. The van der Waals surface area contributed by atoms with E-state index in [2.05, 4.69) is 34.1 Å². The van der Waals surface area contributed by atoms with Gasteiger partial charge in [0.05, 0.1) is 0 Å². The number of carbonyl (C=O) groups is 1. The maximum Gasteiger partial charge on any atom is 0.273 e. The largest absolute Gasteiger partial charge is 0.454 e. The van der Waals surface area contributed by atoms with Crippen molar-refractivity contribution < 1.29 is 14.3 Å². The molecule has 1 atom stereocenters. The van der Waals surface area contributed by atoms with Gasteiger partial charge >= 0.3 is 0 Å². The quantitative estimate of drug-likeness (QED) is 0.629. The Morgan fingerprint density at radius 3 is 2.87 bits per heavy atom. The number of ether oxygens (including phenoxy) is 2. The molecule has 154 valence electrons. The van der Waals surface area contributed by atoms with Gasteiger partial charge in [0, 0.05) is 42.8 Å². The molecule has 2 aromatic carbocycles. The van der Waals surface area contributed by atoms with Gasteiger partial charge in [-0.05, 0) is 43.2 Å². The van der Waals surface area contributed by atoms with Gasteiger partial charge in [-0.1, -0.05) is 18.2 Å². The van der Waals surface area contributed by atoms with Crippen LogP contribution in [0.15, 0.2) is 53.9 Å². The van der Waals surface area contributed by atoms with Crippen LogP contribution in [0, 0.1) is 0 Å². The molecule has 0 N–H and O–H groups in total. The van der Waals surface area contributed by atoms with Crippen LogP contribution in [0.25, 0.3) is 10.6 Å². The molecule has 0 aliphatic carbocycles. The Hall–Kier alpha value is -3.06. The first kappa shape index (κ1) is 18.9. The lowest BCUT2D eigenvalue weighted by Gasteiger charge is -2.38. The summed E-state index contributed by atoms with van der Waals surface area (Å²) >= 11 is 1.47. The van der Waals surface area contributed by atoms with Crippen molar-refractivity contribution in [3.8, 4) is 22.1 Å². The van der Waals surface area contributed by atoms with Crippen molar-refractivity contribution in [2.24, 2.45) is 0 Å². The van der Waals surface area contributed by atoms with Crippen LogP contribution in [0.2, 0.25) is 0 Å². The van der Waals surface area contributed by atoms with Gasteiger partial charge in [-0.15, -0.1) is 11.3 Å². The minimum Gasteiger partial charge on any atom is -0.454 e. The minimum atomic E-state index is -0.0295. The number of fused-ring (bicyclic) bond motifs is 1. The SMILES string of the molecule is CN(C(=O)c1csc(-c2ccc3c(c2)OCO3)n1)C1CCCN(c2ccccc2)C1. The van der Waals surface area contributed by atoms with Gasteiger partial charge in [-0.2, -0.15) is 0 Å². The number of rotatable bonds is 4. The number of likely N-dealkylation sites (N-methyl/N-ethyl adjacent to an activating group) is 1. The molecule has 0 bridgehead atoms. The Morgan fingerprint density at radius 2 is 2.00 bits per heavy atom. The topological polar surface area (TPSA) is 54.9 Å². The second kappa shape index (κ2) is 7.99. The van der Waals surface area contributed by atoms with Crippen LogP contribution in [0.4, 0.5) is 5.69 Å². The van der Waals surface area contributed by atoms with Gasteiger partial charge in [0.1, 0.15) is 10.7 Å². The molecule has 0 saturated carbocycles. The van der Waals surface area contributed by atoms with Gasteiger partial charge in [-0.3, -0.25) is 4.79 Å². The van der Waals surface area contributed by atoms with E-state index < -0.39 is 0 Å². The first-order chi connectivity index (χ1) is 14.7. The third-order valence-electron chi connectivity index (χ3n) is 5.73. The van der Waals surface area contributed by atoms with Crippen molar-refractivity contribution in [3.05, 3.63) is 59.6 Å². The Bertz CT molecular complexity index is 1050. The fraction of sp³-hybridized carbons (Fsp3) is 0.304. The van der Waals surface area contributed by atoms with E-state index in [-0.39, 0.29) is 18.7 Å². The second-order valence-corrected chi connectivity index (χ2v) is 8.46. The van der Waals surface area contributed by atoms with Crippen molar-refractivity contribution >= 4 is 22.9 Å². The molecular formula is C23H23N3O3S. The number of hydrogen-bond acceptors (Lipinski definition) is 6. The highest BCUT2D eigenvalue weighted by molar-refractivity contribution is 7.13. The molecule has 3 aromatic rings. The van der Waals surface area contributed by atoms with Gasteiger partial charge in [0.15, 0.2) is 11.5 Å². The lowest BCUT2D eigenvalue weighted by Crippen LogP contribution is -2.48. The summed E-state index contributed by atoms with van der Waals surface area (Å²) in [7, 11) is 1.89. The average Bonchev–Trinajstić information content (AvgIpc) is 3.48. The molecule has 30 heavy (non-hydrogen) atoms. The molecule has 7 heteroatoms. The zero-order valence-electron chi connectivity index (χ0n) is 16.8. The van der Waals surface area contributed by atoms with Crippen LogP contribution < -0.4 is 14.4 Å². The summed E-state index contributed by atoms with van der Waals surface area (Å²) in [5.74, 6) is 1.43. The number of anilines is 1. The molecule has 1 saturated heterocycles. The van der Waals surface area contributed by atoms with Crippen LogP contribution in [-0.2, 0) is 0 Å². The lowest BCUT2D eigenvalue weighted by atomic mass is 10.0. The maximum atomic E-state index is 13.1. The number of carbonyl (C=O) groups excluding carboxylic acids is 1. The van der Waals surface area contributed by atoms with Gasteiger partial charge in [0.25, 0.3) is 5.91 Å². The number of hydrogen-bond donors (Lipinski definition) is 0. The van der Waals surface area contributed by atoms with E-state index in [1.807, 2.05) is 41.6 Å². The first-order valence-electron chi connectivity index (χ1n) is 10.1. The number of nitrogens with zero attached hydrogens (tertiary/aromatic N) is 3. The van der Waals surface area contributed by atoms with Gasteiger partial charge in [-0.25, -0.2) is 4.98 Å². The molecule has 0 spiro atoms. The molecule has 2 aliphatic rings. The number of para-hydroxylation sites is 1. The summed E-state index contributed by atoms with van der Waals surface area (Å²) in [5, 5.41) is 2.65. The van der Waals surface area contributed by atoms with Crippen LogP contribution >= 0.6 is 11.3 Å². The molecule has 3 heterocycles. The standard InChI is InChI=1S/C23H23N3O3S/c1-25(18-8-5-11-26(13-18)17-6-3-2-4-7-17)23(27)19-14-30-22(24-19)16-9-10-20-21(12-16)29-15-28-20/h2-4,6-7,9-10,12,14,18H,5,8,11,13,15H2,1H3. The third-order valence-corrected chi connectivity index (χ3v) is 6.62. The smallest absolute Gasteiger partial charge is 0.273 e. The molecule has 1 aromatic heterocycles. The molecule has 2 aliphatic heterocycles. The Balaban J connectivity index is 1.30. The second-order valence-electron chi connectivity index (χ2n) is 7.60. The molecule has 1 amide bonds. The molecule has 1 unspecified atom stereocenters. The number of amides is 1. The van der Waals surface area contributed by atoms with Crippen molar-refractivity contribution in [2.45, 2.75) is 18.9 Å². The van der Waals surface area contributed by atoms with Crippen molar-refractivity contribution in [1.82, 2.24) is 9.88 Å². The number of thiazole rings is 1. The summed E-state index contributed by atoms with van der Waals surface area (Å²) in [5.41, 5.74) is 2.63.